The van der Waals surface area contributed by atoms with Gasteiger partial charge in [0, 0.05) is 19.6 Å². The maximum Gasteiger partial charge on any atom is 0.243 e. The molecule has 1 unspecified atom stereocenters. The molecule has 2 fully saturated rings. The number of amides is 2. The first-order valence-corrected chi connectivity index (χ1v) is 16.2. The van der Waals surface area contributed by atoms with Gasteiger partial charge >= 0.3 is 0 Å². The Bertz CT molecular complexity index is 1320. The summed E-state index contributed by atoms with van der Waals surface area (Å²) in [5.41, 5.74) is 10.1. The highest BCUT2D eigenvalue weighted by Gasteiger charge is 2.45. The van der Waals surface area contributed by atoms with Gasteiger partial charge in [0.05, 0.1) is 17.4 Å². The van der Waals surface area contributed by atoms with Crippen LogP contribution in [0.3, 0.4) is 0 Å². The minimum Gasteiger partial charge on any atom is -0.370 e. The first-order valence-electron chi connectivity index (χ1n) is 14.7. The van der Waals surface area contributed by atoms with Crippen molar-refractivity contribution in [2.24, 2.45) is 11.7 Å². The molecule has 2 aromatic rings. The Morgan fingerprint density at radius 1 is 1.00 bits per heavy atom. The molecule has 40 heavy (non-hydrogen) atoms. The van der Waals surface area contributed by atoms with Crippen molar-refractivity contribution in [2.75, 3.05) is 19.6 Å². The van der Waals surface area contributed by atoms with Gasteiger partial charge in [-0.3, -0.25) is 9.59 Å². The normalized spacial score (nSPS) is 22.7. The molecule has 2 aromatic carbocycles. The van der Waals surface area contributed by atoms with Gasteiger partial charge in [-0.25, -0.2) is 8.42 Å². The lowest BCUT2D eigenvalue weighted by atomic mass is 9.85. The van der Waals surface area contributed by atoms with E-state index in [4.69, 9.17) is 5.73 Å². The fourth-order valence-electron chi connectivity index (χ4n) is 6.70. The third-order valence-electron chi connectivity index (χ3n) is 8.85. The number of nitrogens with two attached hydrogens (primary N) is 1. The summed E-state index contributed by atoms with van der Waals surface area (Å²) in [4.78, 5) is 27.8. The van der Waals surface area contributed by atoms with E-state index in [1.165, 1.54) is 47.5 Å². The molecule has 2 amide bonds. The smallest absolute Gasteiger partial charge is 0.243 e. The molecule has 0 spiro atoms. The predicted molar refractivity (Wildman–Crippen MR) is 155 cm³/mol. The van der Waals surface area contributed by atoms with Gasteiger partial charge in [-0.05, 0) is 80.3 Å². The molecule has 2 aliphatic carbocycles. The number of rotatable bonds is 9. The molecule has 216 valence electrons. The molecule has 0 bridgehead atoms. The fourth-order valence-corrected chi connectivity index (χ4v) is 8.27. The molecule has 9 heteroatoms. The van der Waals surface area contributed by atoms with Crippen molar-refractivity contribution in [3.05, 3.63) is 64.7 Å². The monoisotopic (exact) mass is 566 g/mol. The van der Waals surface area contributed by atoms with Crippen molar-refractivity contribution in [2.45, 2.75) is 88.2 Å². The van der Waals surface area contributed by atoms with Crippen molar-refractivity contribution < 1.29 is 18.0 Å². The Morgan fingerprint density at radius 3 is 2.48 bits per heavy atom. The van der Waals surface area contributed by atoms with E-state index in [1.54, 1.807) is 29.2 Å². The van der Waals surface area contributed by atoms with Crippen LogP contribution < -0.4 is 11.1 Å². The number of fused-ring (bicyclic) bond motifs is 1. The van der Waals surface area contributed by atoms with Crippen LogP contribution in [-0.2, 0) is 32.6 Å². The first kappa shape index (κ1) is 28.8. The van der Waals surface area contributed by atoms with Crippen LogP contribution in [0.5, 0.6) is 0 Å². The Morgan fingerprint density at radius 2 is 1.75 bits per heavy atom. The van der Waals surface area contributed by atoms with E-state index in [1.807, 2.05) is 6.92 Å². The molecule has 1 saturated carbocycles. The lowest BCUT2D eigenvalue weighted by molar-refractivity contribution is -0.144. The summed E-state index contributed by atoms with van der Waals surface area (Å²) in [7, 11) is -3.97. The maximum absolute atomic E-state index is 13.9. The summed E-state index contributed by atoms with van der Waals surface area (Å²) < 4.78 is 28.3. The number of sulfonamides is 1. The van der Waals surface area contributed by atoms with E-state index in [0.717, 1.165) is 49.4 Å². The molecule has 0 radical (unpaired) electrons. The van der Waals surface area contributed by atoms with Crippen LogP contribution in [0.4, 0.5) is 0 Å². The maximum atomic E-state index is 13.9. The Balaban J connectivity index is 1.32. The van der Waals surface area contributed by atoms with Crippen LogP contribution in [-0.4, -0.2) is 55.1 Å². The largest absolute Gasteiger partial charge is 0.370 e. The minimum atomic E-state index is -3.97. The van der Waals surface area contributed by atoms with Crippen LogP contribution in [0.1, 0.15) is 79.7 Å². The Hall–Kier alpha value is -2.75. The second kappa shape index (κ2) is 12.4. The molecule has 3 aliphatic rings. The molecule has 1 aliphatic heterocycles. The number of nitrogens with zero attached hydrogens (tertiary/aromatic N) is 2. The minimum absolute atomic E-state index is 0.112. The van der Waals surface area contributed by atoms with E-state index < -0.39 is 22.0 Å². The SMILES string of the molecule is Cc1ccc(S(=O)(=O)N2CCN([C@@H]3CCCc4cc(CNCC5CCCCC5)ccc43)C(=O)C2CC(N)=O)cc1. The molecule has 1 heterocycles. The summed E-state index contributed by atoms with van der Waals surface area (Å²) in [6.07, 6.45) is 9.08. The second-order valence-corrected chi connectivity index (χ2v) is 13.6. The highest BCUT2D eigenvalue weighted by atomic mass is 32.2. The van der Waals surface area contributed by atoms with Crippen molar-refractivity contribution >= 4 is 21.8 Å². The molecule has 3 N–H and O–H groups in total. The zero-order valence-electron chi connectivity index (χ0n) is 23.5. The van der Waals surface area contributed by atoms with Crippen LogP contribution >= 0.6 is 0 Å². The number of hydrogen-bond acceptors (Lipinski definition) is 5. The van der Waals surface area contributed by atoms with Crippen LogP contribution in [0.15, 0.2) is 47.4 Å². The Labute approximate surface area is 238 Å². The molecule has 0 aromatic heterocycles. The fraction of sp³-hybridized carbons (Fsp3) is 0.548. The van der Waals surface area contributed by atoms with Gasteiger partial charge in [0.25, 0.3) is 0 Å². The lowest BCUT2D eigenvalue weighted by Crippen LogP contribution is -2.60. The zero-order chi connectivity index (χ0) is 28.3. The molecular formula is C31H42N4O4S. The summed E-state index contributed by atoms with van der Waals surface area (Å²) >= 11 is 0. The summed E-state index contributed by atoms with van der Waals surface area (Å²) in [6.45, 7) is 4.17. The number of hydrogen-bond donors (Lipinski definition) is 2. The standard InChI is InChI=1S/C31H42N4O4S/c1-22-10-13-26(14-11-22)40(38,39)35-17-16-34(31(37)29(35)19-30(32)36)28-9-5-8-25-18-24(12-15-27(25)28)21-33-20-23-6-3-2-4-7-23/h10-15,18,23,28-29,33H,2-9,16-17,19-21H2,1H3,(H2,32,36)/t28-,29?/m1/s1. The van der Waals surface area contributed by atoms with E-state index >= 15 is 0 Å². The number of carbonyl (C=O) groups is 2. The topological polar surface area (TPSA) is 113 Å². The zero-order valence-corrected chi connectivity index (χ0v) is 24.3. The first-order chi connectivity index (χ1) is 19.2. The number of nitrogens with one attached hydrogen (secondary N) is 1. The number of primary amides is 1. The van der Waals surface area contributed by atoms with E-state index in [-0.39, 0.29) is 36.4 Å². The summed E-state index contributed by atoms with van der Waals surface area (Å²) in [5, 5.41) is 3.65. The predicted octanol–water partition coefficient (Wildman–Crippen LogP) is 3.82. The number of piperazine rings is 1. The second-order valence-electron chi connectivity index (χ2n) is 11.7. The van der Waals surface area contributed by atoms with Gasteiger partial charge in [0.15, 0.2) is 0 Å². The molecule has 8 nitrogen and oxygen atoms in total. The molecular weight excluding hydrogens is 524 g/mol. The third kappa shape index (κ3) is 6.26. The molecule has 2 atom stereocenters. The highest BCUT2D eigenvalue weighted by Crippen LogP contribution is 2.37. The number of aryl methyl sites for hydroxylation is 2. The average Bonchev–Trinajstić information content (AvgIpc) is 2.94. The average molecular weight is 567 g/mol. The Kier molecular flexibility index (Phi) is 8.92. The van der Waals surface area contributed by atoms with Gasteiger partial charge in [0.1, 0.15) is 6.04 Å². The van der Waals surface area contributed by atoms with Gasteiger partial charge < -0.3 is 16.0 Å². The third-order valence-corrected chi connectivity index (χ3v) is 10.8. The lowest BCUT2D eigenvalue weighted by Gasteiger charge is -2.44. The van der Waals surface area contributed by atoms with Crippen molar-refractivity contribution in [3.8, 4) is 0 Å². The van der Waals surface area contributed by atoms with Crippen LogP contribution in [0.2, 0.25) is 0 Å². The quantitative estimate of drug-likeness (QED) is 0.479. The van der Waals surface area contributed by atoms with E-state index in [0.29, 0.717) is 0 Å². The number of benzene rings is 2. The number of carbonyl (C=O) groups excluding carboxylic acids is 2. The van der Waals surface area contributed by atoms with Gasteiger partial charge in [-0.15, -0.1) is 0 Å². The summed E-state index contributed by atoms with van der Waals surface area (Å²) in [5.74, 6) is -0.265. The molecule has 5 rings (SSSR count). The van der Waals surface area contributed by atoms with Crippen molar-refractivity contribution in [3.63, 3.8) is 0 Å². The van der Waals surface area contributed by atoms with E-state index in [9.17, 15) is 18.0 Å². The van der Waals surface area contributed by atoms with Crippen molar-refractivity contribution in [1.82, 2.24) is 14.5 Å². The van der Waals surface area contributed by atoms with Crippen molar-refractivity contribution in [1.29, 1.82) is 0 Å². The van der Waals surface area contributed by atoms with Gasteiger partial charge in [0.2, 0.25) is 21.8 Å². The van der Waals surface area contributed by atoms with E-state index in [2.05, 4.69) is 23.5 Å². The van der Waals surface area contributed by atoms with Crippen LogP contribution in [0.25, 0.3) is 0 Å². The molecule has 1 saturated heterocycles. The van der Waals surface area contributed by atoms with Gasteiger partial charge in [-0.2, -0.15) is 4.31 Å². The van der Waals surface area contributed by atoms with Gasteiger partial charge in [-0.1, -0.05) is 55.2 Å². The highest BCUT2D eigenvalue weighted by molar-refractivity contribution is 7.89. The van der Waals surface area contributed by atoms with Crippen LogP contribution in [0, 0.1) is 12.8 Å². The summed E-state index contributed by atoms with van der Waals surface area (Å²) in [6, 6.07) is 11.8.